The van der Waals surface area contributed by atoms with Crippen molar-refractivity contribution in [3.8, 4) is 0 Å². The Bertz CT molecular complexity index is 1230. The molecule has 0 bridgehead atoms. The van der Waals surface area contributed by atoms with Gasteiger partial charge in [0.1, 0.15) is 6.20 Å². The first-order valence-electron chi connectivity index (χ1n) is 10.2. The second-order valence-electron chi connectivity index (χ2n) is 7.45. The summed E-state index contributed by atoms with van der Waals surface area (Å²) in [6, 6.07) is 15.0. The first kappa shape index (κ1) is 22.9. The second kappa shape index (κ2) is 9.69. The SMILES string of the molecule is O=[N+]([O-])c1cnc(Nc2ccc(Cl)cc2)nc1NC1CCN(S(=O)(=O)c2ccccc2)CC1. The van der Waals surface area contributed by atoms with E-state index in [1.165, 1.54) is 4.31 Å². The molecule has 0 atom stereocenters. The van der Waals surface area contributed by atoms with Crippen molar-refractivity contribution in [3.05, 3.63) is 75.9 Å². The number of halogens is 1. The number of nitrogens with one attached hydrogen (secondary N) is 2. The number of benzene rings is 2. The van der Waals surface area contributed by atoms with E-state index in [4.69, 9.17) is 11.6 Å². The first-order valence-corrected chi connectivity index (χ1v) is 12.0. The second-order valence-corrected chi connectivity index (χ2v) is 9.83. The molecule has 0 radical (unpaired) electrons. The maximum Gasteiger partial charge on any atom is 0.329 e. The molecule has 0 saturated carbocycles. The molecule has 2 heterocycles. The van der Waals surface area contributed by atoms with Crippen molar-refractivity contribution in [3.63, 3.8) is 0 Å². The fourth-order valence-corrected chi connectivity index (χ4v) is 5.13. The third-order valence-electron chi connectivity index (χ3n) is 5.24. The van der Waals surface area contributed by atoms with Crippen LogP contribution in [0.3, 0.4) is 0 Å². The van der Waals surface area contributed by atoms with Gasteiger partial charge >= 0.3 is 5.69 Å². The van der Waals surface area contributed by atoms with Crippen LogP contribution in [0, 0.1) is 10.1 Å². The molecule has 0 amide bonds. The molecule has 3 aromatic rings. The Hall–Kier alpha value is -3.28. The van der Waals surface area contributed by atoms with Crippen LogP contribution in [0.25, 0.3) is 0 Å². The first-order chi connectivity index (χ1) is 15.8. The van der Waals surface area contributed by atoms with Crippen LogP contribution in [-0.4, -0.2) is 46.7 Å². The lowest BCUT2D eigenvalue weighted by Crippen LogP contribution is -2.42. The summed E-state index contributed by atoms with van der Waals surface area (Å²) >= 11 is 5.89. The highest BCUT2D eigenvalue weighted by Gasteiger charge is 2.30. The van der Waals surface area contributed by atoms with Crippen molar-refractivity contribution in [1.82, 2.24) is 14.3 Å². The summed E-state index contributed by atoms with van der Waals surface area (Å²) in [5.41, 5.74) is 0.426. The summed E-state index contributed by atoms with van der Waals surface area (Å²) in [4.78, 5) is 19.5. The van der Waals surface area contributed by atoms with Gasteiger partial charge in [0.2, 0.25) is 21.8 Å². The van der Waals surface area contributed by atoms with Crippen LogP contribution >= 0.6 is 11.6 Å². The van der Waals surface area contributed by atoms with Crippen molar-refractivity contribution < 1.29 is 13.3 Å². The molecule has 10 nitrogen and oxygen atoms in total. The summed E-state index contributed by atoms with van der Waals surface area (Å²) in [7, 11) is -3.57. The van der Waals surface area contributed by atoms with Crippen molar-refractivity contribution in [2.24, 2.45) is 0 Å². The smallest absolute Gasteiger partial charge is 0.329 e. The predicted octanol–water partition coefficient (Wildman–Crippen LogP) is 4.05. The van der Waals surface area contributed by atoms with Gasteiger partial charge in [-0.15, -0.1) is 0 Å². The van der Waals surface area contributed by atoms with Gasteiger partial charge in [-0.1, -0.05) is 29.8 Å². The molecule has 1 aromatic heterocycles. The van der Waals surface area contributed by atoms with Gasteiger partial charge in [0.15, 0.2) is 0 Å². The molecule has 1 saturated heterocycles. The van der Waals surface area contributed by atoms with Crippen LogP contribution in [0.2, 0.25) is 5.02 Å². The number of hydrogen-bond donors (Lipinski definition) is 2. The van der Waals surface area contributed by atoms with E-state index in [0.717, 1.165) is 6.20 Å². The highest BCUT2D eigenvalue weighted by atomic mass is 35.5. The van der Waals surface area contributed by atoms with Crippen LogP contribution in [0.15, 0.2) is 65.7 Å². The van der Waals surface area contributed by atoms with Gasteiger partial charge in [0.05, 0.1) is 9.82 Å². The lowest BCUT2D eigenvalue weighted by molar-refractivity contribution is -0.384. The maximum absolute atomic E-state index is 12.8. The van der Waals surface area contributed by atoms with E-state index >= 15 is 0 Å². The van der Waals surface area contributed by atoms with E-state index in [2.05, 4.69) is 20.6 Å². The summed E-state index contributed by atoms with van der Waals surface area (Å²) < 4.78 is 27.1. The molecule has 172 valence electrons. The molecule has 12 heteroatoms. The number of nitro groups is 1. The molecular weight excluding hydrogens is 468 g/mol. The topological polar surface area (TPSA) is 130 Å². The van der Waals surface area contributed by atoms with E-state index in [0.29, 0.717) is 36.6 Å². The quantitative estimate of drug-likeness (QED) is 0.376. The number of rotatable bonds is 7. The van der Waals surface area contributed by atoms with Gasteiger partial charge in [-0.25, -0.2) is 13.4 Å². The molecule has 1 fully saturated rings. The Balaban J connectivity index is 1.46. The summed E-state index contributed by atoms with van der Waals surface area (Å²) in [6.07, 6.45) is 2.10. The normalized spacial score (nSPS) is 15.2. The Kier molecular flexibility index (Phi) is 6.72. The fraction of sp³-hybridized carbons (Fsp3) is 0.238. The highest BCUT2D eigenvalue weighted by molar-refractivity contribution is 7.89. The molecular formula is C21H21ClN6O4S. The Morgan fingerprint density at radius 1 is 1.06 bits per heavy atom. The Labute approximate surface area is 195 Å². The minimum absolute atomic E-state index is 0.0795. The standard InChI is InChI=1S/C21H21ClN6O4S/c22-15-6-8-16(9-7-15)25-21-23-14-19(28(29)30)20(26-21)24-17-10-12-27(13-11-17)33(31,32)18-4-2-1-3-5-18/h1-9,14,17H,10-13H2,(H2,23,24,25,26). The lowest BCUT2D eigenvalue weighted by Gasteiger charge is -2.31. The van der Waals surface area contributed by atoms with Gasteiger partial charge in [0.25, 0.3) is 0 Å². The van der Waals surface area contributed by atoms with E-state index in [1.54, 1.807) is 54.6 Å². The molecule has 33 heavy (non-hydrogen) atoms. The summed E-state index contributed by atoms with van der Waals surface area (Å²) in [6.45, 7) is 0.591. The molecule has 2 N–H and O–H groups in total. The van der Waals surface area contributed by atoms with Crippen LogP contribution in [-0.2, 0) is 10.0 Å². The third-order valence-corrected chi connectivity index (χ3v) is 7.41. The number of anilines is 3. The van der Waals surface area contributed by atoms with E-state index in [9.17, 15) is 18.5 Å². The zero-order valence-electron chi connectivity index (χ0n) is 17.4. The number of piperidine rings is 1. The zero-order valence-corrected chi connectivity index (χ0v) is 19.0. The molecule has 1 aliphatic rings. The maximum atomic E-state index is 12.8. The number of sulfonamides is 1. The van der Waals surface area contributed by atoms with Crippen LogP contribution in [0.4, 0.5) is 23.1 Å². The Morgan fingerprint density at radius 2 is 1.73 bits per heavy atom. The molecule has 0 unspecified atom stereocenters. The molecule has 0 spiro atoms. The number of aromatic nitrogens is 2. The number of nitrogens with zero attached hydrogens (tertiary/aromatic N) is 4. The van der Waals surface area contributed by atoms with E-state index < -0.39 is 14.9 Å². The van der Waals surface area contributed by atoms with Crippen molar-refractivity contribution in [2.45, 2.75) is 23.8 Å². The number of hydrogen-bond acceptors (Lipinski definition) is 8. The van der Waals surface area contributed by atoms with Gasteiger partial charge in [0, 0.05) is 29.8 Å². The van der Waals surface area contributed by atoms with Gasteiger partial charge < -0.3 is 10.6 Å². The summed E-state index contributed by atoms with van der Waals surface area (Å²) in [5, 5.41) is 18.1. The zero-order chi connectivity index (χ0) is 23.4. The third kappa shape index (κ3) is 5.38. The van der Waals surface area contributed by atoms with Crippen LogP contribution in [0.5, 0.6) is 0 Å². The predicted molar refractivity (Wildman–Crippen MR) is 125 cm³/mol. The van der Waals surface area contributed by atoms with Gasteiger partial charge in [-0.2, -0.15) is 9.29 Å². The van der Waals surface area contributed by atoms with Crippen molar-refractivity contribution in [2.75, 3.05) is 23.7 Å². The lowest BCUT2D eigenvalue weighted by atomic mass is 10.1. The molecule has 0 aliphatic carbocycles. The minimum atomic E-state index is -3.57. The average Bonchev–Trinajstić information content (AvgIpc) is 2.81. The van der Waals surface area contributed by atoms with Gasteiger partial charge in [-0.3, -0.25) is 10.1 Å². The fourth-order valence-electron chi connectivity index (χ4n) is 3.51. The summed E-state index contributed by atoms with van der Waals surface area (Å²) in [5.74, 6) is 0.269. The largest absolute Gasteiger partial charge is 0.361 e. The molecule has 4 rings (SSSR count). The average molecular weight is 489 g/mol. The van der Waals surface area contributed by atoms with E-state index in [-0.39, 0.29) is 28.4 Å². The minimum Gasteiger partial charge on any atom is -0.361 e. The van der Waals surface area contributed by atoms with E-state index in [1.807, 2.05) is 0 Å². The molecule has 2 aromatic carbocycles. The Morgan fingerprint density at radius 3 is 2.36 bits per heavy atom. The van der Waals surface area contributed by atoms with Gasteiger partial charge in [-0.05, 0) is 49.2 Å². The monoisotopic (exact) mass is 488 g/mol. The van der Waals surface area contributed by atoms with Crippen molar-refractivity contribution in [1.29, 1.82) is 0 Å². The van der Waals surface area contributed by atoms with Crippen LogP contribution in [0.1, 0.15) is 12.8 Å². The van der Waals surface area contributed by atoms with Crippen molar-refractivity contribution >= 4 is 44.8 Å². The molecule has 1 aliphatic heterocycles. The van der Waals surface area contributed by atoms with Crippen LogP contribution < -0.4 is 10.6 Å². The highest BCUT2D eigenvalue weighted by Crippen LogP contribution is 2.28.